The lowest BCUT2D eigenvalue weighted by atomic mass is 10.1. The zero-order valence-electron chi connectivity index (χ0n) is 17.4. The maximum atomic E-state index is 13.3. The predicted molar refractivity (Wildman–Crippen MR) is 121 cm³/mol. The molecular weight excluding hydrogens is 440 g/mol. The molecule has 3 rings (SSSR count). The van der Waals surface area contributed by atoms with E-state index in [0.29, 0.717) is 16.5 Å². The first-order valence-electron chi connectivity index (χ1n) is 9.75. The van der Waals surface area contributed by atoms with E-state index in [9.17, 15) is 13.2 Å². The zero-order chi connectivity index (χ0) is 22.4. The number of hydrogen-bond acceptors (Lipinski definition) is 6. The second kappa shape index (κ2) is 10.1. The highest BCUT2D eigenvalue weighted by atomic mass is 35.5. The largest absolute Gasteiger partial charge is 0.497 e. The van der Waals surface area contributed by atoms with Gasteiger partial charge in [-0.3, -0.25) is 9.10 Å². The minimum absolute atomic E-state index is 0.0395. The number of rotatable bonds is 7. The highest BCUT2D eigenvalue weighted by Crippen LogP contribution is 2.26. The molecule has 1 aliphatic rings. The Morgan fingerprint density at radius 2 is 1.74 bits per heavy atom. The number of piperidine rings is 1. The van der Waals surface area contributed by atoms with Crippen LogP contribution in [0.2, 0.25) is 5.02 Å². The molecule has 1 fully saturated rings. The lowest BCUT2D eigenvalue weighted by Gasteiger charge is -2.24. The van der Waals surface area contributed by atoms with Crippen LogP contribution in [-0.4, -0.2) is 58.7 Å². The summed E-state index contributed by atoms with van der Waals surface area (Å²) in [7, 11) is -0.488. The van der Waals surface area contributed by atoms with Gasteiger partial charge in [-0.05, 0) is 55.6 Å². The molecule has 0 unspecified atom stereocenters. The summed E-state index contributed by atoms with van der Waals surface area (Å²) in [4.78, 5) is 14.8. The van der Waals surface area contributed by atoms with Crippen LogP contribution in [0.15, 0.2) is 58.5 Å². The fraction of sp³-hybridized carbons (Fsp3) is 0.333. The standard InChI is InChI=1S/C21H25ClN4O4S/c1-25-13-11-17(12-14-25)23-24-21(27)15-26(18-5-3-16(22)4-6-18)31(28,29)20-9-7-19(30-2)8-10-20/h3-10H,11-15H2,1-2H3,(H,24,27). The van der Waals surface area contributed by atoms with E-state index in [4.69, 9.17) is 16.3 Å². The number of methoxy groups -OCH3 is 1. The third-order valence-corrected chi connectivity index (χ3v) is 6.99. The highest BCUT2D eigenvalue weighted by Gasteiger charge is 2.27. The maximum absolute atomic E-state index is 13.3. The van der Waals surface area contributed by atoms with Gasteiger partial charge in [-0.1, -0.05) is 11.6 Å². The fourth-order valence-electron chi connectivity index (χ4n) is 3.09. The second-order valence-electron chi connectivity index (χ2n) is 7.18. The first-order valence-corrected chi connectivity index (χ1v) is 11.6. The van der Waals surface area contributed by atoms with E-state index in [1.807, 2.05) is 7.05 Å². The normalized spacial score (nSPS) is 14.7. The molecule has 31 heavy (non-hydrogen) atoms. The van der Waals surface area contributed by atoms with Crippen molar-refractivity contribution in [3.63, 3.8) is 0 Å². The Hall–Kier alpha value is -2.62. The molecule has 0 radical (unpaired) electrons. The van der Waals surface area contributed by atoms with Crippen LogP contribution in [0.3, 0.4) is 0 Å². The molecule has 2 aromatic carbocycles. The first kappa shape index (κ1) is 23.1. The molecule has 0 atom stereocenters. The lowest BCUT2D eigenvalue weighted by Crippen LogP contribution is -2.40. The quantitative estimate of drug-likeness (QED) is 0.636. The van der Waals surface area contributed by atoms with Crippen LogP contribution in [0.1, 0.15) is 12.8 Å². The van der Waals surface area contributed by atoms with E-state index in [0.717, 1.165) is 35.9 Å². The molecule has 2 aromatic rings. The summed E-state index contributed by atoms with van der Waals surface area (Å²) in [6.45, 7) is 1.32. The number of nitrogens with one attached hydrogen (secondary N) is 1. The molecule has 1 saturated heterocycles. The number of carbonyl (C=O) groups is 1. The number of nitrogens with zero attached hydrogens (tertiary/aromatic N) is 3. The molecule has 1 amide bonds. The molecule has 0 bridgehead atoms. The van der Waals surface area contributed by atoms with Crippen LogP contribution in [0.5, 0.6) is 5.75 Å². The zero-order valence-corrected chi connectivity index (χ0v) is 19.0. The molecule has 1 heterocycles. The number of amides is 1. The van der Waals surface area contributed by atoms with E-state index in [-0.39, 0.29) is 4.90 Å². The van der Waals surface area contributed by atoms with Crippen LogP contribution in [-0.2, 0) is 14.8 Å². The van der Waals surface area contributed by atoms with Gasteiger partial charge < -0.3 is 9.64 Å². The number of likely N-dealkylation sites (tertiary alicyclic amines) is 1. The summed E-state index contributed by atoms with van der Waals surface area (Å²) in [5.41, 5.74) is 3.71. The first-order chi connectivity index (χ1) is 14.8. The van der Waals surface area contributed by atoms with E-state index in [2.05, 4.69) is 15.4 Å². The number of sulfonamides is 1. The van der Waals surface area contributed by atoms with Gasteiger partial charge in [-0.25, -0.2) is 13.8 Å². The van der Waals surface area contributed by atoms with Gasteiger partial charge in [0.1, 0.15) is 12.3 Å². The summed E-state index contributed by atoms with van der Waals surface area (Å²) in [6, 6.07) is 12.2. The van der Waals surface area contributed by atoms with Crippen LogP contribution < -0.4 is 14.5 Å². The summed E-state index contributed by atoms with van der Waals surface area (Å²) < 4.78 is 32.8. The summed E-state index contributed by atoms with van der Waals surface area (Å²) in [5, 5.41) is 4.65. The number of halogens is 1. The van der Waals surface area contributed by atoms with Crippen molar-refractivity contribution in [3.05, 3.63) is 53.6 Å². The Morgan fingerprint density at radius 1 is 1.13 bits per heavy atom. The molecule has 0 saturated carbocycles. The molecule has 0 aromatic heterocycles. The van der Waals surface area contributed by atoms with Gasteiger partial charge in [0, 0.05) is 36.7 Å². The number of ether oxygens (including phenoxy) is 1. The maximum Gasteiger partial charge on any atom is 0.264 e. The van der Waals surface area contributed by atoms with Crippen molar-refractivity contribution in [2.45, 2.75) is 17.7 Å². The Balaban J connectivity index is 1.83. The van der Waals surface area contributed by atoms with Gasteiger partial charge in [0.2, 0.25) is 0 Å². The Bertz CT molecular complexity index is 1030. The van der Waals surface area contributed by atoms with Crippen LogP contribution in [0, 0.1) is 0 Å². The van der Waals surface area contributed by atoms with Crippen LogP contribution >= 0.6 is 11.6 Å². The minimum atomic E-state index is -4.02. The number of benzene rings is 2. The van der Waals surface area contributed by atoms with Crippen molar-refractivity contribution in [1.82, 2.24) is 10.3 Å². The lowest BCUT2D eigenvalue weighted by molar-refractivity contribution is -0.119. The van der Waals surface area contributed by atoms with Gasteiger partial charge in [0.25, 0.3) is 15.9 Å². The Labute approximate surface area is 187 Å². The average molecular weight is 465 g/mol. The van der Waals surface area contributed by atoms with Crippen LogP contribution in [0.25, 0.3) is 0 Å². The number of hydrogen-bond donors (Lipinski definition) is 1. The van der Waals surface area contributed by atoms with Gasteiger partial charge >= 0.3 is 0 Å². The number of hydrazone groups is 1. The molecule has 10 heteroatoms. The van der Waals surface area contributed by atoms with Gasteiger partial charge in [-0.15, -0.1) is 0 Å². The van der Waals surface area contributed by atoms with Crippen molar-refractivity contribution in [3.8, 4) is 5.75 Å². The number of carbonyl (C=O) groups excluding carboxylic acids is 1. The second-order valence-corrected chi connectivity index (χ2v) is 9.48. The molecule has 1 aliphatic heterocycles. The van der Waals surface area contributed by atoms with Crippen molar-refractivity contribution in [2.24, 2.45) is 5.10 Å². The molecule has 0 spiro atoms. The number of anilines is 1. The van der Waals surface area contributed by atoms with Crippen molar-refractivity contribution >= 4 is 38.9 Å². The van der Waals surface area contributed by atoms with Crippen molar-refractivity contribution < 1.29 is 17.9 Å². The third-order valence-electron chi connectivity index (χ3n) is 4.95. The SMILES string of the molecule is COc1ccc(S(=O)(=O)N(CC(=O)NN=C2CCN(C)CC2)c2ccc(Cl)cc2)cc1. The molecule has 0 aliphatic carbocycles. The van der Waals surface area contributed by atoms with Gasteiger partial charge in [-0.2, -0.15) is 5.10 Å². The minimum Gasteiger partial charge on any atom is -0.497 e. The molecule has 8 nitrogen and oxygen atoms in total. The van der Waals surface area contributed by atoms with Crippen LogP contribution in [0.4, 0.5) is 5.69 Å². The molecule has 166 valence electrons. The fourth-order valence-corrected chi connectivity index (χ4v) is 4.64. The van der Waals surface area contributed by atoms with E-state index in [1.165, 1.54) is 19.2 Å². The summed E-state index contributed by atoms with van der Waals surface area (Å²) in [5.74, 6) is 0.00199. The van der Waals surface area contributed by atoms with Crippen molar-refractivity contribution in [1.29, 1.82) is 0 Å². The third kappa shape index (κ3) is 5.96. The van der Waals surface area contributed by atoms with Gasteiger partial charge in [0.05, 0.1) is 17.7 Å². The Morgan fingerprint density at radius 3 is 2.32 bits per heavy atom. The van der Waals surface area contributed by atoms with E-state index >= 15 is 0 Å². The summed E-state index contributed by atoms with van der Waals surface area (Å²) >= 11 is 5.95. The average Bonchev–Trinajstić information content (AvgIpc) is 2.78. The van der Waals surface area contributed by atoms with E-state index < -0.39 is 22.5 Å². The Kier molecular flexibility index (Phi) is 7.53. The smallest absolute Gasteiger partial charge is 0.264 e. The predicted octanol–water partition coefficient (Wildman–Crippen LogP) is 2.74. The molecular formula is C21H25ClN4O4S. The topological polar surface area (TPSA) is 91.3 Å². The van der Waals surface area contributed by atoms with Gasteiger partial charge in [0.15, 0.2) is 0 Å². The monoisotopic (exact) mass is 464 g/mol. The summed E-state index contributed by atoms with van der Waals surface area (Å²) in [6.07, 6.45) is 1.53. The highest BCUT2D eigenvalue weighted by molar-refractivity contribution is 7.92. The van der Waals surface area contributed by atoms with E-state index in [1.54, 1.807) is 36.4 Å². The van der Waals surface area contributed by atoms with Crippen molar-refractivity contribution in [2.75, 3.05) is 38.1 Å². The molecule has 1 N–H and O–H groups in total.